The second-order valence-corrected chi connectivity index (χ2v) is 6.02. The highest BCUT2D eigenvalue weighted by atomic mass is 16.6. The maximum absolute atomic E-state index is 11.0. The molecule has 6 heteroatoms. The predicted molar refractivity (Wildman–Crippen MR) is 80.4 cm³/mol. The van der Waals surface area contributed by atoms with Gasteiger partial charge in [-0.25, -0.2) is 0 Å². The van der Waals surface area contributed by atoms with Gasteiger partial charge in [0.25, 0.3) is 5.69 Å². The van der Waals surface area contributed by atoms with E-state index in [1.165, 1.54) is 25.5 Å². The van der Waals surface area contributed by atoms with E-state index < -0.39 is 4.92 Å². The van der Waals surface area contributed by atoms with Gasteiger partial charge >= 0.3 is 0 Å². The fraction of sp³-hybridized carbons (Fsp3) is 0.600. The minimum absolute atomic E-state index is 0.00611. The number of hydrogen-bond acceptors (Lipinski definition) is 5. The number of rotatable bonds is 3. The Morgan fingerprint density at radius 3 is 2.95 bits per heavy atom. The van der Waals surface area contributed by atoms with Gasteiger partial charge in [0.15, 0.2) is 0 Å². The van der Waals surface area contributed by atoms with Crippen LogP contribution in [0.2, 0.25) is 0 Å². The average molecular weight is 291 g/mol. The van der Waals surface area contributed by atoms with Crippen molar-refractivity contribution >= 4 is 11.4 Å². The van der Waals surface area contributed by atoms with Gasteiger partial charge in [-0.1, -0.05) is 0 Å². The Labute approximate surface area is 124 Å². The van der Waals surface area contributed by atoms with Crippen molar-refractivity contribution in [3.63, 3.8) is 0 Å². The number of fused-ring (bicyclic) bond motifs is 1. The van der Waals surface area contributed by atoms with E-state index in [4.69, 9.17) is 0 Å². The molecule has 3 rings (SSSR count). The third-order valence-corrected chi connectivity index (χ3v) is 4.70. The number of anilines is 1. The molecule has 0 radical (unpaired) electrons. The molecule has 2 saturated heterocycles. The second kappa shape index (κ2) is 5.61. The minimum Gasteiger partial charge on any atom is -0.391 e. The maximum atomic E-state index is 11.0. The summed E-state index contributed by atoms with van der Waals surface area (Å²) >= 11 is 0. The van der Waals surface area contributed by atoms with Crippen LogP contribution in [0.15, 0.2) is 18.2 Å². The Kier molecular flexibility index (Phi) is 3.82. The van der Waals surface area contributed by atoms with Crippen LogP contribution in [0.3, 0.4) is 0 Å². The van der Waals surface area contributed by atoms with Crippen molar-refractivity contribution < 1.29 is 10.0 Å². The van der Waals surface area contributed by atoms with E-state index in [0.29, 0.717) is 17.6 Å². The summed E-state index contributed by atoms with van der Waals surface area (Å²) in [6, 6.07) is 6.05. The Morgan fingerprint density at radius 1 is 1.43 bits per heavy atom. The summed E-state index contributed by atoms with van der Waals surface area (Å²) in [5, 5.41) is 20.3. The molecule has 2 atom stereocenters. The van der Waals surface area contributed by atoms with E-state index in [0.717, 1.165) is 18.8 Å². The summed E-state index contributed by atoms with van der Waals surface area (Å²) in [4.78, 5) is 15.4. The SMILES string of the molecule is CC1CN2CCCC2CN1c1ccc([N+](=O)[O-])c(CO)c1. The molecule has 1 aromatic rings. The number of benzene rings is 1. The van der Waals surface area contributed by atoms with E-state index in [-0.39, 0.29) is 12.3 Å². The van der Waals surface area contributed by atoms with Gasteiger partial charge in [-0.05, 0) is 38.4 Å². The van der Waals surface area contributed by atoms with Crippen LogP contribution in [-0.2, 0) is 6.61 Å². The largest absolute Gasteiger partial charge is 0.391 e. The highest BCUT2D eigenvalue weighted by Gasteiger charge is 2.34. The molecule has 21 heavy (non-hydrogen) atoms. The summed E-state index contributed by atoms with van der Waals surface area (Å²) in [6.45, 7) is 5.07. The molecule has 0 aliphatic carbocycles. The molecule has 6 nitrogen and oxygen atoms in total. The number of nitrogens with zero attached hydrogens (tertiary/aromatic N) is 3. The number of aliphatic hydroxyl groups excluding tert-OH is 1. The molecule has 0 amide bonds. The maximum Gasteiger partial charge on any atom is 0.275 e. The predicted octanol–water partition coefficient (Wildman–Crippen LogP) is 1.76. The summed E-state index contributed by atoms with van der Waals surface area (Å²) in [5.41, 5.74) is 1.36. The third kappa shape index (κ3) is 2.61. The van der Waals surface area contributed by atoms with Gasteiger partial charge in [0.05, 0.1) is 17.1 Å². The minimum atomic E-state index is -0.437. The topological polar surface area (TPSA) is 69.9 Å². The first kappa shape index (κ1) is 14.3. The molecule has 2 aliphatic rings. The van der Waals surface area contributed by atoms with Crippen molar-refractivity contribution in [1.82, 2.24) is 4.90 Å². The number of piperazine rings is 1. The van der Waals surface area contributed by atoms with E-state index in [2.05, 4.69) is 16.7 Å². The van der Waals surface area contributed by atoms with Gasteiger partial charge in [-0.3, -0.25) is 15.0 Å². The molecule has 0 bridgehead atoms. The van der Waals surface area contributed by atoms with Crippen LogP contribution in [-0.4, -0.2) is 46.6 Å². The van der Waals surface area contributed by atoms with Gasteiger partial charge in [0.1, 0.15) is 0 Å². The molecule has 0 spiro atoms. The standard InChI is InChI=1S/C15H21N3O3/c1-11-8-16-6-2-3-14(16)9-17(11)13-4-5-15(18(20)21)12(7-13)10-19/h4-5,7,11,14,19H,2-3,6,8-10H2,1H3. The summed E-state index contributed by atoms with van der Waals surface area (Å²) in [7, 11) is 0. The van der Waals surface area contributed by atoms with Gasteiger partial charge < -0.3 is 10.0 Å². The van der Waals surface area contributed by atoms with E-state index >= 15 is 0 Å². The molecular weight excluding hydrogens is 270 g/mol. The normalized spacial score (nSPS) is 25.9. The number of nitro groups is 1. The van der Waals surface area contributed by atoms with Crippen LogP contribution in [0.25, 0.3) is 0 Å². The zero-order valence-corrected chi connectivity index (χ0v) is 12.2. The molecule has 1 N–H and O–H groups in total. The van der Waals surface area contributed by atoms with Crippen molar-refractivity contribution in [1.29, 1.82) is 0 Å². The third-order valence-electron chi connectivity index (χ3n) is 4.70. The van der Waals surface area contributed by atoms with Gasteiger partial charge in [0.2, 0.25) is 0 Å². The number of aliphatic hydroxyl groups is 1. The van der Waals surface area contributed by atoms with Crippen LogP contribution in [0.5, 0.6) is 0 Å². The van der Waals surface area contributed by atoms with Crippen molar-refractivity contribution in [3.05, 3.63) is 33.9 Å². The molecule has 114 valence electrons. The Balaban J connectivity index is 1.87. The zero-order chi connectivity index (χ0) is 15.0. The molecule has 0 aromatic heterocycles. The molecule has 1 aromatic carbocycles. The van der Waals surface area contributed by atoms with Gasteiger partial charge in [0, 0.05) is 36.9 Å². The van der Waals surface area contributed by atoms with Crippen molar-refractivity contribution in [2.24, 2.45) is 0 Å². The molecule has 2 fully saturated rings. The fourth-order valence-electron chi connectivity index (χ4n) is 3.60. The lowest BCUT2D eigenvalue weighted by molar-refractivity contribution is -0.385. The number of nitro benzene ring substituents is 1. The number of hydrogen-bond donors (Lipinski definition) is 1. The lowest BCUT2D eigenvalue weighted by atomic mass is 10.1. The lowest BCUT2D eigenvalue weighted by Gasteiger charge is -2.43. The monoisotopic (exact) mass is 291 g/mol. The lowest BCUT2D eigenvalue weighted by Crippen LogP contribution is -2.55. The zero-order valence-electron chi connectivity index (χ0n) is 12.2. The van der Waals surface area contributed by atoms with Crippen molar-refractivity contribution in [2.45, 2.75) is 38.5 Å². The Bertz CT molecular complexity index is 549. The van der Waals surface area contributed by atoms with Crippen LogP contribution < -0.4 is 4.90 Å². The first-order valence-corrected chi connectivity index (χ1v) is 7.49. The molecule has 0 saturated carbocycles. The van der Waals surface area contributed by atoms with E-state index in [1.807, 2.05) is 0 Å². The molecule has 2 heterocycles. The first-order valence-electron chi connectivity index (χ1n) is 7.49. The molecular formula is C15H21N3O3. The van der Waals surface area contributed by atoms with Crippen molar-refractivity contribution in [3.8, 4) is 0 Å². The summed E-state index contributed by atoms with van der Waals surface area (Å²) in [6.07, 6.45) is 2.48. The molecule has 2 aliphatic heterocycles. The summed E-state index contributed by atoms with van der Waals surface area (Å²) < 4.78 is 0. The van der Waals surface area contributed by atoms with Crippen LogP contribution >= 0.6 is 0 Å². The van der Waals surface area contributed by atoms with Crippen LogP contribution in [0.4, 0.5) is 11.4 Å². The molecule has 2 unspecified atom stereocenters. The van der Waals surface area contributed by atoms with E-state index in [9.17, 15) is 15.2 Å². The Morgan fingerprint density at radius 2 is 2.24 bits per heavy atom. The smallest absolute Gasteiger partial charge is 0.275 e. The highest BCUT2D eigenvalue weighted by molar-refractivity contribution is 5.56. The average Bonchev–Trinajstić information content (AvgIpc) is 2.92. The quantitative estimate of drug-likeness (QED) is 0.679. The first-order chi connectivity index (χ1) is 10.1. The highest BCUT2D eigenvalue weighted by Crippen LogP contribution is 2.31. The fourth-order valence-corrected chi connectivity index (χ4v) is 3.60. The second-order valence-electron chi connectivity index (χ2n) is 6.02. The van der Waals surface area contributed by atoms with Crippen LogP contribution in [0, 0.1) is 10.1 Å². The Hall–Kier alpha value is -1.66. The van der Waals surface area contributed by atoms with E-state index in [1.54, 1.807) is 12.1 Å². The van der Waals surface area contributed by atoms with Crippen molar-refractivity contribution in [2.75, 3.05) is 24.5 Å². The van der Waals surface area contributed by atoms with Crippen LogP contribution in [0.1, 0.15) is 25.3 Å². The van der Waals surface area contributed by atoms with Gasteiger partial charge in [-0.2, -0.15) is 0 Å². The van der Waals surface area contributed by atoms with Gasteiger partial charge in [-0.15, -0.1) is 0 Å². The summed E-state index contributed by atoms with van der Waals surface area (Å²) in [5.74, 6) is 0.